The molecule has 1 aliphatic carbocycles. The summed E-state index contributed by atoms with van der Waals surface area (Å²) in [5.41, 5.74) is 9.05. The van der Waals surface area contributed by atoms with Gasteiger partial charge in [-0.15, -0.1) is 11.3 Å². The van der Waals surface area contributed by atoms with Crippen LogP contribution >= 0.6 is 11.3 Å². The quantitative estimate of drug-likeness (QED) is 0.305. The Morgan fingerprint density at radius 3 is 2.47 bits per heavy atom. The number of fused-ring (bicyclic) bond motifs is 1. The molecule has 0 unspecified atom stereocenters. The van der Waals surface area contributed by atoms with Crippen LogP contribution in [-0.4, -0.2) is 4.98 Å². The number of halogens is 1. The first-order chi connectivity index (χ1) is 14.7. The number of rotatable bonds is 5. The number of hydrogen-bond acceptors (Lipinski definition) is 2. The molecule has 0 bridgehead atoms. The highest BCUT2D eigenvalue weighted by molar-refractivity contribution is 7.16. The highest BCUT2D eigenvalue weighted by atomic mass is 32.1. The second-order valence-corrected chi connectivity index (χ2v) is 8.64. The van der Waals surface area contributed by atoms with Crippen LogP contribution in [0, 0.1) is 11.7 Å². The molecule has 0 atom stereocenters. The fraction of sp³-hybridized carbons (Fsp3) is 0.148. The van der Waals surface area contributed by atoms with E-state index in [9.17, 15) is 0 Å². The summed E-state index contributed by atoms with van der Waals surface area (Å²) < 4.78 is 16.2. The SMILES string of the molecule is C=Cc1ccc(C(=C(c2ccccc2F)C2CCC2)c2ccc3scnc3c2)cc1. The molecule has 1 aliphatic rings. The lowest BCUT2D eigenvalue weighted by molar-refractivity contribution is 0.400. The third kappa shape index (κ3) is 3.40. The van der Waals surface area contributed by atoms with Crippen molar-refractivity contribution < 1.29 is 4.39 Å². The average Bonchev–Trinajstić information content (AvgIpc) is 3.21. The third-order valence-corrected chi connectivity index (χ3v) is 6.81. The van der Waals surface area contributed by atoms with E-state index in [-0.39, 0.29) is 5.82 Å². The fourth-order valence-corrected chi connectivity index (χ4v) is 4.87. The normalized spacial score (nSPS) is 15.0. The largest absolute Gasteiger partial charge is 0.245 e. The van der Waals surface area contributed by atoms with E-state index in [0.717, 1.165) is 50.9 Å². The summed E-state index contributed by atoms with van der Waals surface area (Å²) in [6, 6.07) is 22.0. The number of hydrogen-bond donors (Lipinski definition) is 0. The van der Waals surface area contributed by atoms with Gasteiger partial charge in [-0.1, -0.05) is 67.6 Å². The standard InChI is InChI=1S/C27H22FNS/c1-2-18-10-12-20(13-11-18)26(21-14-15-25-24(16-21)29-17-30-25)27(19-6-5-7-19)22-8-3-4-9-23(22)28/h2-4,8-17,19H,1,5-7H2. The Balaban J connectivity index is 1.81. The molecule has 1 aromatic heterocycles. The molecule has 30 heavy (non-hydrogen) atoms. The minimum Gasteiger partial charge on any atom is -0.245 e. The Morgan fingerprint density at radius 1 is 1.00 bits per heavy atom. The zero-order valence-corrected chi connectivity index (χ0v) is 17.5. The highest BCUT2D eigenvalue weighted by Crippen LogP contribution is 2.46. The summed E-state index contributed by atoms with van der Waals surface area (Å²) in [4.78, 5) is 4.52. The van der Waals surface area contributed by atoms with E-state index in [1.54, 1.807) is 23.5 Å². The predicted octanol–water partition coefficient (Wildman–Crippen LogP) is 7.84. The Hall–Kier alpha value is -3.04. The van der Waals surface area contributed by atoms with Gasteiger partial charge in [0.1, 0.15) is 5.82 Å². The van der Waals surface area contributed by atoms with Gasteiger partial charge in [-0.2, -0.15) is 0 Å². The van der Waals surface area contributed by atoms with Gasteiger partial charge in [0.15, 0.2) is 0 Å². The zero-order valence-electron chi connectivity index (χ0n) is 16.6. The van der Waals surface area contributed by atoms with Crippen molar-refractivity contribution in [2.45, 2.75) is 19.3 Å². The Kier molecular flexibility index (Phi) is 5.06. The summed E-state index contributed by atoms with van der Waals surface area (Å²) in [5.74, 6) is 0.205. The molecule has 0 N–H and O–H groups in total. The molecule has 3 aromatic carbocycles. The van der Waals surface area contributed by atoms with Gasteiger partial charge < -0.3 is 0 Å². The topological polar surface area (TPSA) is 12.9 Å². The van der Waals surface area contributed by atoms with Crippen LogP contribution in [-0.2, 0) is 0 Å². The van der Waals surface area contributed by atoms with Gasteiger partial charge in [0, 0.05) is 5.56 Å². The average molecular weight is 412 g/mol. The molecule has 0 aliphatic heterocycles. The molecule has 0 radical (unpaired) electrons. The van der Waals surface area contributed by atoms with Crippen LogP contribution in [0.5, 0.6) is 0 Å². The number of allylic oxidation sites excluding steroid dienone is 1. The van der Waals surface area contributed by atoms with Crippen molar-refractivity contribution in [3.63, 3.8) is 0 Å². The summed E-state index contributed by atoms with van der Waals surface area (Å²) in [6.45, 7) is 3.87. The maximum absolute atomic E-state index is 15.0. The molecule has 1 heterocycles. The summed E-state index contributed by atoms with van der Waals surface area (Å²) in [7, 11) is 0. The molecule has 4 aromatic rings. The monoisotopic (exact) mass is 411 g/mol. The van der Waals surface area contributed by atoms with Crippen LogP contribution in [0.15, 0.2) is 78.8 Å². The van der Waals surface area contributed by atoms with E-state index in [1.807, 2.05) is 23.7 Å². The maximum atomic E-state index is 15.0. The van der Waals surface area contributed by atoms with Gasteiger partial charge in [0.25, 0.3) is 0 Å². The van der Waals surface area contributed by atoms with Crippen LogP contribution in [0.1, 0.15) is 41.5 Å². The van der Waals surface area contributed by atoms with Crippen molar-refractivity contribution in [2.24, 2.45) is 5.92 Å². The van der Waals surface area contributed by atoms with E-state index in [2.05, 4.69) is 54.0 Å². The zero-order chi connectivity index (χ0) is 20.5. The first kappa shape index (κ1) is 19.0. The molecule has 3 heteroatoms. The molecular weight excluding hydrogens is 389 g/mol. The van der Waals surface area contributed by atoms with Gasteiger partial charge in [-0.3, -0.25) is 0 Å². The van der Waals surface area contributed by atoms with Crippen molar-refractivity contribution >= 4 is 38.8 Å². The third-order valence-electron chi connectivity index (χ3n) is 6.00. The Morgan fingerprint density at radius 2 is 1.77 bits per heavy atom. The maximum Gasteiger partial charge on any atom is 0.130 e. The molecule has 5 rings (SSSR count). The smallest absolute Gasteiger partial charge is 0.130 e. The van der Waals surface area contributed by atoms with Crippen LogP contribution < -0.4 is 0 Å². The molecule has 0 saturated heterocycles. The van der Waals surface area contributed by atoms with Crippen molar-refractivity contribution in [3.8, 4) is 0 Å². The first-order valence-electron chi connectivity index (χ1n) is 10.3. The van der Waals surface area contributed by atoms with Gasteiger partial charge in [-0.05, 0) is 64.8 Å². The van der Waals surface area contributed by atoms with E-state index in [4.69, 9.17) is 0 Å². The van der Waals surface area contributed by atoms with Gasteiger partial charge in [0.2, 0.25) is 0 Å². The van der Waals surface area contributed by atoms with Crippen LogP contribution in [0.25, 0.3) is 27.4 Å². The van der Waals surface area contributed by atoms with Crippen molar-refractivity contribution in [1.29, 1.82) is 0 Å². The highest BCUT2D eigenvalue weighted by Gasteiger charge is 2.28. The second-order valence-electron chi connectivity index (χ2n) is 7.76. The minimum absolute atomic E-state index is 0.158. The van der Waals surface area contributed by atoms with Gasteiger partial charge in [-0.25, -0.2) is 9.37 Å². The summed E-state index contributed by atoms with van der Waals surface area (Å²) >= 11 is 1.64. The Labute approximate surface area is 180 Å². The first-order valence-corrected chi connectivity index (χ1v) is 11.2. The molecule has 0 amide bonds. The van der Waals surface area contributed by atoms with E-state index in [1.165, 1.54) is 6.42 Å². The summed E-state index contributed by atoms with van der Waals surface area (Å²) in [6.07, 6.45) is 5.22. The molecule has 0 spiro atoms. The Bertz CT molecular complexity index is 1250. The molecule has 1 nitrogen and oxygen atoms in total. The molecular formula is C27H22FNS. The van der Waals surface area contributed by atoms with Gasteiger partial charge >= 0.3 is 0 Å². The summed E-state index contributed by atoms with van der Waals surface area (Å²) in [5, 5.41) is 0. The lowest BCUT2D eigenvalue weighted by Gasteiger charge is -2.31. The van der Waals surface area contributed by atoms with Crippen LogP contribution in [0.4, 0.5) is 4.39 Å². The van der Waals surface area contributed by atoms with E-state index < -0.39 is 0 Å². The minimum atomic E-state index is -0.158. The van der Waals surface area contributed by atoms with Gasteiger partial charge in [0.05, 0.1) is 15.7 Å². The molecule has 1 saturated carbocycles. The van der Waals surface area contributed by atoms with E-state index >= 15 is 4.39 Å². The van der Waals surface area contributed by atoms with Crippen LogP contribution in [0.2, 0.25) is 0 Å². The van der Waals surface area contributed by atoms with Crippen molar-refractivity contribution in [1.82, 2.24) is 4.98 Å². The van der Waals surface area contributed by atoms with Crippen molar-refractivity contribution in [3.05, 3.63) is 107 Å². The number of benzene rings is 3. The predicted molar refractivity (Wildman–Crippen MR) is 126 cm³/mol. The molecule has 1 fully saturated rings. The van der Waals surface area contributed by atoms with Crippen LogP contribution in [0.3, 0.4) is 0 Å². The number of nitrogens with zero attached hydrogens (tertiary/aromatic N) is 1. The van der Waals surface area contributed by atoms with E-state index in [0.29, 0.717) is 11.5 Å². The fourth-order valence-electron chi connectivity index (χ4n) is 4.21. The number of thiazole rings is 1. The van der Waals surface area contributed by atoms with Crippen molar-refractivity contribution in [2.75, 3.05) is 0 Å². The molecule has 148 valence electrons. The second kappa shape index (κ2) is 8.00. The lowest BCUT2D eigenvalue weighted by atomic mass is 9.73. The number of aromatic nitrogens is 1. The lowest BCUT2D eigenvalue weighted by Crippen LogP contribution is -2.16.